The molecule has 7 heteroatoms. The molecule has 0 aliphatic heterocycles. The van der Waals surface area contributed by atoms with E-state index in [0.717, 1.165) is 22.6 Å². The third-order valence-electron chi connectivity index (χ3n) is 4.01. The van der Waals surface area contributed by atoms with Gasteiger partial charge in [0.05, 0.1) is 12.2 Å². The highest BCUT2D eigenvalue weighted by Crippen LogP contribution is 2.14. The van der Waals surface area contributed by atoms with Gasteiger partial charge in [0.15, 0.2) is 4.96 Å². The van der Waals surface area contributed by atoms with Crippen molar-refractivity contribution in [1.82, 2.24) is 19.6 Å². The number of amides is 2. The van der Waals surface area contributed by atoms with Crippen LogP contribution in [0.5, 0.6) is 5.75 Å². The summed E-state index contributed by atoms with van der Waals surface area (Å²) in [6.07, 6.45) is 4.60. The molecule has 0 bridgehead atoms. The molecule has 3 aromatic rings. The molecular weight excluding hydrogens is 324 g/mol. The summed E-state index contributed by atoms with van der Waals surface area (Å²) in [6.45, 7) is 2.41. The number of aromatic nitrogens is 2. The normalized spacial score (nSPS) is 12.2. The molecule has 2 aromatic heterocycles. The Hall–Kier alpha value is -2.54. The van der Waals surface area contributed by atoms with E-state index < -0.39 is 0 Å². The highest BCUT2D eigenvalue weighted by Gasteiger charge is 2.16. The second-order valence-corrected chi connectivity index (χ2v) is 6.69. The highest BCUT2D eigenvalue weighted by molar-refractivity contribution is 7.15. The minimum Gasteiger partial charge on any atom is -0.508 e. The molecule has 6 nitrogen and oxygen atoms in total. The molecule has 126 valence electrons. The molecular formula is C17H20N4O2S. The van der Waals surface area contributed by atoms with Gasteiger partial charge in [-0.2, -0.15) is 0 Å². The number of thiazole rings is 1. The number of urea groups is 1. The smallest absolute Gasteiger partial charge is 0.317 e. The van der Waals surface area contributed by atoms with Crippen LogP contribution in [0.15, 0.2) is 42.0 Å². The summed E-state index contributed by atoms with van der Waals surface area (Å²) in [5.74, 6) is 0.248. The maximum absolute atomic E-state index is 12.3. The quantitative estimate of drug-likeness (QED) is 0.748. The SMILES string of the molecule is C[C@@H](Cc1ccc(O)cc1)N(C)C(=O)NCc1cn2ccsc2n1. The number of aromatic hydroxyl groups is 1. The number of carbonyl (C=O) groups excluding carboxylic acids is 1. The molecule has 0 spiro atoms. The minimum atomic E-state index is -0.127. The van der Waals surface area contributed by atoms with Gasteiger partial charge in [-0.1, -0.05) is 12.1 Å². The first kappa shape index (κ1) is 16.3. The summed E-state index contributed by atoms with van der Waals surface area (Å²) in [4.78, 5) is 19.4. The third-order valence-corrected chi connectivity index (χ3v) is 4.78. The highest BCUT2D eigenvalue weighted by atomic mass is 32.1. The number of hydrogen-bond acceptors (Lipinski definition) is 4. The Labute approximate surface area is 144 Å². The Balaban J connectivity index is 1.53. The van der Waals surface area contributed by atoms with Crippen LogP contribution in [0.2, 0.25) is 0 Å². The third kappa shape index (κ3) is 3.68. The lowest BCUT2D eigenvalue weighted by Gasteiger charge is -2.25. The first-order chi connectivity index (χ1) is 11.5. The number of fused-ring (bicyclic) bond motifs is 1. The van der Waals surface area contributed by atoms with Crippen molar-refractivity contribution in [3.63, 3.8) is 0 Å². The summed E-state index contributed by atoms with van der Waals surface area (Å²) in [6, 6.07) is 6.97. The molecule has 0 saturated heterocycles. The minimum absolute atomic E-state index is 0.0417. The fourth-order valence-electron chi connectivity index (χ4n) is 2.46. The fraction of sp³-hybridized carbons (Fsp3) is 0.294. The Morgan fingerprint density at radius 1 is 1.42 bits per heavy atom. The summed E-state index contributed by atoms with van der Waals surface area (Å²) >= 11 is 1.57. The lowest BCUT2D eigenvalue weighted by atomic mass is 10.1. The van der Waals surface area contributed by atoms with E-state index in [1.165, 1.54) is 0 Å². The van der Waals surface area contributed by atoms with Crippen molar-refractivity contribution in [3.8, 4) is 5.75 Å². The zero-order valence-electron chi connectivity index (χ0n) is 13.6. The van der Waals surface area contributed by atoms with Gasteiger partial charge in [0.1, 0.15) is 5.75 Å². The van der Waals surface area contributed by atoms with Crippen LogP contribution >= 0.6 is 11.3 Å². The number of likely N-dealkylation sites (N-methyl/N-ethyl adjacent to an activating group) is 1. The first-order valence-electron chi connectivity index (χ1n) is 7.72. The second kappa shape index (κ2) is 6.92. The van der Waals surface area contributed by atoms with Crippen LogP contribution in [0, 0.1) is 0 Å². The Bertz CT molecular complexity index is 796. The molecule has 0 fully saturated rings. The number of nitrogens with zero attached hydrogens (tertiary/aromatic N) is 3. The Morgan fingerprint density at radius 2 is 2.17 bits per heavy atom. The maximum Gasteiger partial charge on any atom is 0.317 e. The van der Waals surface area contributed by atoms with Crippen LogP contribution in [-0.4, -0.2) is 38.5 Å². The van der Waals surface area contributed by atoms with E-state index in [4.69, 9.17) is 0 Å². The van der Waals surface area contributed by atoms with Gasteiger partial charge in [0, 0.05) is 30.9 Å². The van der Waals surface area contributed by atoms with Gasteiger partial charge in [0.25, 0.3) is 0 Å². The van der Waals surface area contributed by atoms with Crippen LogP contribution in [0.25, 0.3) is 4.96 Å². The number of phenols is 1. The van der Waals surface area contributed by atoms with Gasteiger partial charge in [-0.25, -0.2) is 9.78 Å². The standard InChI is InChI=1S/C17H20N4O2S/c1-12(9-13-3-5-15(22)6-4-13)20(2)16(23)18-10-14-11-21-7-8-24-17(21)19-14/h3-8,11-12,22H,9-10H2,1-2H3,(H,18,23)/t12-/m0/s1. The number of rotatable bonds is 5. The van der Waals surface area contributed by atoms with Gasteiger partial charge < -0.3 is 15.3 Å². The molecule has 0 aliphatic carbocycles. The lowest BCUT2D eigenvalue weighted by Crippen LogP contribution is -2.43. The molecule has 2 N–H and O–H groups in total. The predicted octanol–water partition coefficient (Wildman–Crippen LogP) is 2.87. The largest absolute Gasteiger partial charge is 0.508 e. The number of phenolic OH excluding ortho intramolecular Hbond substituents is 1. The first-order valence-corrected chi connectivity index (χ1v) is 8.60. The molecule has 0 saturated carbocycles. The Kier molecular flexibility index (Phi) is 4.71. The maximum atomic E-state index is 12.3. The van der Waals surface area contributed by atoms with Crippen molar-refractivity contribution >= 4 is 22.3 Å². The van der Waals surface area contributed by atoms with Gasteiger partial charge >= 0.3 is 6.03 Å². The number of benzene rings is 1. The van der Waals surface area contributed by atoms with E-state index >= 15 is 0 Å². The van der Waals surface area contributed by atoms with Gasteiger partial charge in [0.2, 0.25) is 0 Å². The Morgan fingerprint density at radius 3 is 2.88 bits per heavy atom. The van der Waals surface area contributed by atoms with E-state index in [-0.39, 0.29) is 17.8 Å². The molecule has 24 heavy (non-hydrogen) atoms. The molecule has 0 unspecified atom stereocenters. The summed E-state index contributed by atoms with van der Waals surface area (Å²) in [5, 5.41) is 14.2. The summed E-state index contributed by atoms with van der Waals surface area (Å²) in [5.41, 5.74) is 1.92. The number of nitrogens with one attached hydrogen (secondary N) is 1. The van der Waals surface area contributed by atoms with Crippen molar-refractivity contribution in [2.75, 3.05) is 7.05 Å². The molecule has 2 heterocycles. The fourth-order valence-corrected chi connectivity index (χ4v) is 3.18. The van der Waals surface area contributed by atoms with E-state index in [0.29, 0.717) is 6.54 Å². The predicted molar refractivity (Wildman–Crippen MR) is 94.3 cm³/mol. The summed E-state index contributed by atoms with van der Waals surface area (Å²) in [7, 11) is 1.78. The number of hydrogen-bond donors (Lipinski definition) is 2. The zero-order chi connectivity index (χ0) is 17.1. The van der Waals surface area contributed by atoms with E-state index in [1.54, 1.807) is 35.4 Å². The van der Waals surface area contributed by atoms with Crippen LogP contribution in [-0.2, 0) is 13.0 Å². The topological polar surface area (TPSA) is 69.9 Å². The molecule has 1 aromatic carbocycles. The average molecular weight is 344 g/mol. The number of imidazole rings is 1. The van der Waals surface area contributed by atoms with Gasteiger partial charge in [-0.3, -0.25) is 4.40 Å². The summed E-state index contributed by atoms with van der Waals surface area (Å²) < 4.78 is 1.95. The molecule has 3 rings (SSSR count). The van der Waals surface area contributed by atoms with Crippen LogP contribution in [0.1, 0.15) is 18.2 Å². The molecule has 2 amide bonds. The van der Waals surface area contributed by atoms with Gasteiger partial charge in [-0.05, 0) is 31.0 Å². The van der Waals surface area contributed by atoms with Crippen LogP contribution < -0.4 is 5.32 Å². The van der Waals surface area contributed by atoms with Crippen molar-refractivity contribution < 1.29 is 9.90 Å². The molecule has 0 radical (unpaired) electrons. The molecule has 1 atom stereocenters. The zero-order valence-corrected chi connectivity index (χ0v) is 14.5. The van der Waals surface area contributed by atoms with Crippen molar-refractivity contribution in [3.05, 3.63) is 53.3 Å². The van der Waals surface area contributed by atoms with Crippen molar-refractivity contribution in [1.29, 1.82) is 0 Å². The number of carbonyl (C=O) groups is 1. The lowest BCUT2D eigenvalue weighted by molar-refractivity contribution is 0.193. The van der Waals surface area contributed by atoms with Crippen molar-refractivity contribution in [2.24, 2.45) is 0 Å². The van der Waals surface area contributed by atoms with E-state index in [9.17, 15) is 9.90 Å². The van der Waals surface area contributed by atoms with Gasteiger partial charge in [-0.15, -0.1) is 11.3 Å². The monoisotopic (exact) mass is 344 g/mol. The second-order valence-electron chi connectivity index (χ2n) is 5.81. The van der Waals surface area contributed by atoms with E-state index in [2.05, 4.69) is 10.3 Å². The van der Waals surface area contributed by atoms with Crippen LogP contribution in [0.4, 0.5) is 4.79 Å². The van der Waals surface area contributed by atoms with Crippen LogP contribution in [0.3, 0.4) is 0 Å². The molecule has 0 aliphatic rings. The van der Waals surface area contributed by atoms with E-state index in [1.807, 2.05) is 41.2 Å². The average Bonchev–Trinajstić information content (AvgIpc) is 3.15. The van der Waals surface area contributed by atoms with Crippen molar-refractivity contribution in [2.45, 2.75) is 25.9 Å².